The zero-order valence-corrected chi connectivity index (χ0v) is 20.4. The van der Waals surface area contributed by atoms with Crippen LogP contribution in [0.2, 0.25) is 18.1 Å². The number of aliphatic hydroxyl groups is 1. The maximum atomic E-state index is 9.40. The molecule has 2 aromatic carbocycles. The lowest BCUT2D eigenvalue weighted by atomic mass is 10.2. The molecule has 0 amide bonds. The van der Waals surface area contributed by atoms with E-state index >= 15 is 0 Å². The fraction of sp³-hybridized carbons (Fsp3) is 0.538. The molecule has 0 saturated heterocycles. The molecule has 186 valence electrons. The van der Waals surface area contributed by atoms with Crippen LogP contribution in [0.15, 0.2) is 60.7 Å². The Morgan fingerprint density at radius 2 is 1.36 bits per heavy atom. The summed E-state index contributed by atoms with van der Waals surface area (Å²) in [6, 6.07) is 15.9. The predicted octanol–water partition coefficient (Wildman–Crippen LogP) is 6.63. The molecular weight excluding hydrogens is 432 g/mol. The van der Waals surface area contributed by atoms with E-state index in [9.17, 15) is 5.11 Å². The Balaban J connectivity index is 0.000000510. The van der Waals surface area contributed by atoms with Crippen LogP contribution in [0.5, 0.6) is 0 Å². The minimum atomic E-state index is -3.58. The van der Waals surface area contributed by atoms with Gasteiger partial charge in [0.15, 0.2) is 8.32 Å². The highest BCUT2D eigenvalue weighted by Crippen LogP contribution is 2.36. The molecule has 0 aromatic heterocycles. The minimum absolute atomic E-state index is 0.236. The van der Waals surface area contributed by atoms with Crippen molar-refractivity contribution in [2.75, 3.05) is 24.1 Å². The Morgan fingerprint density at radius 3 is 1.79 bits per heavy atom. The molecule has 0 aliphatic heterocycles. The lowest BCUT2D eigenvalue weighted by molar-refractivity contribution is 0.0448. The summed E-state index contributed by atoms with van der Waals surface area (Å²) < 4.78 is 128. The molecule has 0 fully saturated rings. The van der Waals surface area contributed by atoms with Crippen LogP contribution < -0.4 is 11.0 Å². The number of benzene rings is 2. The first-order valence-corrected chi connectivity index (χ1v) is 12.9. The molecule has 6 nitrogen and oxygen atoms in total. The van der Waals surface area contributed by atoms with E-state index in [0.717, 1.165) is 0 Å². The summed E-state index contributed by atoms with van der Waals surface area (Å²) in [6.07, 6.45) is -13.6. The van der Waals surface area contributed by atoms with Gasteiger partial charge in [0.2, 0.25) is 0 Å². The summed E-state index contributed by atoms with van der Waals surface area (Å²) >= 11 is 0. The molecule has 0 aliphatic carbocycles. The van der Waals surface area contributed by atoms with E-state index < -0.39 is 65.1 Å². The van der Waals surface area contributed by atoms with Crippen LogP contribution in [0.1, 0.15) is 69.2 Å². The number of nitrogens with one attached hydrogen (secondary N) is 2. The van der Waals surface area contributed by atoms with Crippen molar-refractivity contribution in [3.05, 3.63) is 60.7 Å². The molecule has 2 rings (SSSR count). The van der Waals surface area contributed by atoms with Crippen molar-refractivity contribution in [3.63, 3.8) is 0 Å². The van der Waals surface area contributed by atoms with Crippen molar-refractivity contribution in [2.45, 2.75) is 77.5 Å². The quantitative estimate of drug-likeness (QED) is 0.228. The Bertz CT molecular complexity index is 1340. The molecule has 3 N–H and O–H groups in total. The van der Waals surface area contributed by atoms with Crippen LogP contribution in [-0.4, -0.2) is 38.7 Å². The molecule has 7 heteroatoms. The van der Waals surface area contributed by atoms with E-state index in [1.165, 1.54) is 12.1 Å². The zero-order valence-electron chi connectivity index (χ0n) is 35.4. The molecule has 0 heterocycles. The third-order valence-corrected chi connectivity index (χ3v) is 8.85. The van der Waals surface area contributed by atoms with Gasteiger partial charge in [0.1, 0.15) is 12.2 Å². The van der Waals surface area contributed by atoms with Gasteiger partial charge in [-0.3, -0.25) is 20.6 Å². The van der Waals surface area contributed by atoms with Crippen LogP contribution in [0, 0.1) is 0 Å². The van der Waals surface area contributed by atoms with E-state index in [1.54, 1.807) is 61.6 Å². The van der Waals surface area contributed by atoms with Gasteiger partial charge in [-0.25, -0.2) is 0 Å². The van der Waals surface area contributed by atoms with Crippen LogP contribution >= 0.6 is 0 Å². The van der Waals surface area contributed by atoms with Gasteiger partial charge < -0.3 is 9.53 Å². The number of rotatable bonds is 12. The average Bonchev–Trinajstić information content (AvgIpc) is 2.92. The molecule has 0 spiro atoms. The number of hydrogen-bond acceptors (Lipinski definition) is 6. The first-order chi connectivity index (χ1) is 21.6. The summed E-state index contributed by atoms with van der Waals surface area (Å²) in [5.74, 6) is 0. The predicted molar refractivity (Wildman–Crippen MR) is 141 cm³/mol. The van der Waals surface area contributed by atoms with Crippen LogP contribution in [-0.2, 0) is 14.1 Å². The standard InChI is InChI=1S/C16H29NO2Si.C10H15NO2/c1-7-15(13-18-20(5,6)16(2,3)4)19-17-14-11-9-8-10-12-14;1-2-10(8-12)13-11-9-6-4-3-5-7-9/h8-12,15,17H,7,13H2,1-6H3;3-7,10-12H,2,8H2,1H3/t15-;10-/m11/s1/i1D3,7D2,13D2,15D;1D3,2D2,8D2,10D. The summed E-state index contributed by atoms with van der Waals surface area (Å²) in [5, 5.41) is 8.95. The van der Waals surface area contributed by atoms with Gasteiger partial charge in [-0.2, -0.15) is 0 Å². The molecule has 0 bridgehead atoms. The van der Waals surface area contributed by atoms with E-state index in [0.29, 0.717) is 5.69 Å². The van der Waals surface area contributed by atoms with E-state index in [1.807, 2.05) is 20.8 Å². The van der Waals surface area contributed by atoms with Crippen LogP contribution in [0.4, 0.5) is 11.4 Å². The Morgan fingerprint density at radius 1 is 0.909 bits per heavy atom. The van der Waals surface area contributed by atoms with Crippen molar-refractivity contribution >= 4 is 19.7 Å². The van der Waals surface area contributed by atoms with Crippen molar-refractivity contribution < 1.29 is 41.1 Å². The highest BCUT2D eigenvalue weighted by atomic mass is 28.4. The minimum Gasteiger partial charge on any atom is -0.414 e. The van der Waals surface area contributed by atoms with Gasteiger partial charge in [0, 0.05) is 13.7 Å². The molecule has 0 radical (unpaired) electrons. The van der Waals surface area contributed by atoms with E-state index in [-0.39, 0.29) is 5.69 Å². The van der Waals surface area contributed by atoms with Crippen molar-refractivity contribution in [1.29, 1.82) is 0 Å². The third kappa shape index (κ3) is 11.7. The molecular formula is C26H44N2O4Si. The average molecular weight is 493 g/mol. The SMILES string of the molecule is [2H]C([2H])([2H])C([2H])([2H])[C@@]([2H])(ONc1ccccc1)C([2H])([2H])O.[2H]C([2H])([2H])C([2H])([2H])[C@@]([2H])(ONc1ccccc1)C([2H])([2H])O[Si](C)(C)C(C)(C)C. The third-order valence-electron chi connectivity index (χ3n) is 4.62. The lowest BCUT2D eigenvalue weighted by Gasteiger charge is -2.37. The fourth-order valence-corrected chi connectivity index (χ4v) is 2.36. The van der Waals surface area contributed by atoms with Gasteiger partial charge in [-0.1, -0.05) is 70.9 Å². The van der Waals surface area contributed by atoms with E-state index in [4.69, 9.17) is 31.2 Å². The monoisotopic (exact) mass is 492 g/mol. The van der Waals surface area contributed by atoms with Crippen molar-refractivity contribution in [2.24, 2.45) is 0 Å². The Kier molecular flexibility index (Phi) is 5.81. The summed E-state index contributed by atoms with van der Waals surface area (Å²) in [7, 11) is -2.85. The summed E-state index contributed by atoms with van der Waals surface area (Å²) in [6.45, 7) is -4.38. The molecule has 33 heavy (non-hydrogen) atoms. The fourth-order valence-electron chi connectivity index (χ4n) is 1.71. The molecule has 0 saturated carbocycles. The van der Waals surface area contributed by atoms with Crippen LogP contribution in [0.3, 0.4) is 0 Å². The lowest BCUT2D eigenvalue weighted by Crippen LogP contribution is -2.43. The highest BCUT2D eigenvalue weighted by molar-refractivity contribution is 6.74. The second-order valence-corrected chi connectivity index (χ2v) is 12.8. The number of anilines is 2. The highest BCUT2D eigenvalue weighted by Gasteiger charge is 2.37. The first-order valence-electron chi connectivity index (χ1n) is 18.0. The Labute approximate surface area is 224 Å². The van der Waals surface area contributed by atoms with Crippen molar-refractivity contribution in [1.82, 2.24) is 0 Å². The van der Waals surface area contributed by atoms with Crippen molar-refractivity contribution in [3.8, 4) is 0 Å². The maximum absolute atomic E-state index is 9.40. The largest absolute Gasteiger partial charge is 0.414 e. The topological polar surface area (TPSA) is 72.0 Å². The first kappa shape index (κ1) is 12.7. The molecule has 0 aliphatic rings. The van der Waals surface area contributed by atoms with Gasteiger partial charge in [-0.15, -0.1) is 0 Å². The maximum Gasteiger partial charge on any atom is 0.192 e. The number of para-hydroxylation sites is 2. The second kappa shape index (κ2) is 15.1. The van der Waals surface area contributed by atoms with Gasteiger partial charge in [0.05, 0.1) is 32.7 Å². The van der Waals surface area contributed by atoms with E-state index in [2.05, 4.69) is 15.8 Å². The Hall–Kier alpha value is -1.90. The normalized spacial score (nSPS) is 25.0. The molecule has 0 unspecified atom stereocenters. The second-order valence-electron chi connectivity index (χ2n) is 8.12. The van der Waals surface area contributed by atoms with Gasteiger partial charge in [0.25, 0.3) is 0 Å². The molecule has 2 aromatic rings. The van der Waals surface area contributed by atoms with Crippen LogP contribution in [0.25, 0.3) is 0 Å². The van der Waals surface area contributed by atoms with Gasteiger partial charge >= 0.3 is 0 Å². The smallest absolute Gasteiger partial charge is 0.192 e. The summed E-state index contributed by atoms with van der Waals surface area (Å²) in [4.78, 5) is 9.76. The zero-order chi connectivity index (χ0) is 38.8. The summed E-state index contributed by atoms with van der Waals surface area (Å²) in [5.41, 5.74) is 4.95. The molecule has 2 atom stereocenters. The number of hydrogen-bond donors (Lipinski definition) is 3. The van der Waals surface area contributed by atoms with Gasteiger partial charge in [-0.05, 0) is 55.1 Å².